The molecule has 1 unspecified atom stereocenters. The largest absolute Gasteiger partial charge is 0.366 e. The van der Waals surface area contributed by atoms with Crippen molar-refractivity contribution in [1.29, 1.82) is 0 Å². The van der Waals surface area contributed by atoms with Gasteiger partial charge in [0.1, 0.15) is 6.33 Å². The summed E-state index contributed by atoms with van der Waals surface area (Å²) in [6.07, 6.45) is 8.79. The van der Waals surface area contributed by atoms with Crippen LogP contribution in [-0.2, 0) is 11.2 Å². The summed E-state index contributed by atoms with van der Waals surface area (Å²) >= 11 is 6.09. The molecule has 0 radical (unpaired) electrons. The molecule has 2 aliphatic heterocycles. The molecule has 0 bridgehead atoms. The Balaban J connectivity index is 1.20. The predicted molar refractivity (Wildman–Crippen MR) is 111 cm³/mol. The van der Waals surface area contributed by atoms with Crippen LogP contribution in [-0.4, -0.2) is 56.1 Å². The van der Waals surface area contributed by atoms with Crippen molar-refractivity contribution < 1.29 is 4.79 Å². The molecular formula is C21H23ClN6O. The number of hydrogen-bond donors (Lipinski definition) is 0. The SMILES string of the molecule is O=C1C(CCCc2cccc3ncnn23)C[C@H]2CN(c3cncc(Cl)c3)CCN12. The summed E-state index contributed by atoms with van der Waals surface area (Å²) in [5, 5.41) is 4.94. The zero-order chi connectivity index (χ0) is 19.8. The van der Waals surface area contributed by atoms with Crippen LogP contribution in [0.3, 0.4) is 0 Å². The van der Waals surface area contributed by atoms with E-state index in [9.17, 15) is 4.79 Å². The van der Waals surface area contributed by atoms with E-state index in [-0.39, 0.29) is 12.0 Å². The summed E-state index contributed by atoms with van der Waals surface area (Å²) in [6.45, 7) is 2.44. The third-order valence-electron chi connectivity index (χ3n) is 6.09. The standard InChI is InChI=1S/C21H23ClN6O/c22-16-10-18(12-23-11-16)26-7-8-27-19(13-26)9-15(21(27)29)3-1-4-17-5-2-6-20-24-14-25-28(17)20/h2,5-6,10-12,14-15,19H,1,3-4,7-9,13H2/t15?,19-/m0/s1. The second-order valence-electron chi connectivity index (χ2n) is 7.86. The Bertz CT molecular complexity index is 1040. The number of fused-ring (bicyclic) bond motifs is 2. The molecule has 5 heterocycles. The molecule has 5 rings (SSSR count). The van der Waals surface area contributed by atoms with Gasteiger partial charge in [0, 0.05) is 37.4 Å². The normalized spacial score (nSPS) is 21.8. The molecule has 0 saturated carbocycles. The highest BCUT2D eigenvalue weighted by Crippen LogP contribution is 2.32. The number of amides is 1. The Labute approximate surface area is 174 Å². The number of aromatic nitrogens is 4. The van der Waals surface area contributed by atoms with Crippen molar-refractivity contribution in [2.75, 3.05) is 24.5 Å². The molecule has 150 valence electrons. The molecule has 0 spiro atoms. The first-order valence-corrected chi connectivity index (χ1v) is 10.5. The number of hydrogen-bond acceptors (Lipinski definition) is 5. The quantitative estimate of drug-likeness (QED) is 0.647. The maximum atomic E-state index is 12.9. The van der Waals surface area contributed by atoms with E-state index in [0.717, 1.165) is 62.3 Å². The zero-order valence-electron chi connectivity index (χ0n) is 16.1. The first kappa shape index (κ1) is 18.4. The van der Waals surface area contributed by atoms with Gasteiger partial charge in [0.15, 0.2) is 5.65 Å². The Hall–Kier alpha value is -2.67. The van der Waals surface area contributed by atoms with E-state index in [4.69, 9.17) is 11.6 Å². The molecular weight excluding hydrogens is 388 g/mol. The average Bonchev–Trinajstić information content (AvgIpc) is 3.33. The van der Waals surface area contributed by atoms with Crippen LogP contribution in [0.5, 0.6) is 0 Å². The van der Waals surface area contributed by atoms with Crippen molar-refractivity contribution >= 4 is 28.8 Å². The molecule has 7 nitrogen and oxygen atoms in total. The summed E-state index contributed by atoms with van der Waals surface area (Å²) in [5.41, 5.74) is 3.05. The Kier molecular flexibility index (Phi) is 4.83. The minimum atomic E-state index is 0.118. The van der Waals surface area contributed by atoms with Crippen molar-refractivity contribution in [3.8, 4) is 0 Å². The lowest BCUT2D eigenvalue weighted by Gasteiger charge is -2.38. The second-order valence-corrected chi connectivity index (χ2v) is 8.30. The molecule has 8 heteroatoms. The number of nitrogens with zero attached hydrogens (tertiary/aromatic N) is 6. The van der Waals surface area contributed by atoms with E-state index in [1.165, 1.54) is 0 Å². The van der Waals surface area contributed by atoms with Crippen LogP contribution in [0.15, 0.2) is 43.0 Å². The molecule has 2 fully saturated rings. The molecule has 3 aromatic rings. The summed E-state index contributed by atoms with van der Waals surface area (Å²) in [5.74, 6) is 0.435. The van der Waals surface area contributed by atoms with Gasteiger partial charge >= 0.3 is 0 Å². The highest BCUT2D eigenvalue weighted by atomic mass is 35.5. The van der Waals surface area contributed by atoms with Crippen molar-refractivity contribution in [3.63, 3.8) is 0 Å². The van der Waals surface area contributed by atoms with E-state index in [0.29, 0.717) is 10.9 Å². The second kappa shape index (κ2) is 7.63. The fourth-order valence-electron chi connectivity index (χ4n) is 4.68. The van der Waals surface area contributed by atoms with E-state index < -0.39 is 0 Å². The van der Waals surface area contributed by atoms with Gasteiger partial charge in [-0.1, -0.05) is 17.7 Å². The lowest BCUT2D eigenvalue weighted by molar-refractivity contribution is -0.132. The van der Waals surface area contributed by atoms with Crippen LogP contribution in [0.25, 0.3) is 5.65 Å². The summed E-state index contributed by atoms with van der Waals surface area (Å²) < 4.78 is 1.89. The van der Waals surface area contributed by atoms with Gasteiger partial charge in [0.25, 0.3) is 0 Å². The molecule has 2 aliphatic rings. The molecule has 2 atom stereocenters. The number of halogens is 1. The van der Waals surface area contributed by atoms with Gasteiger partial charge < -0.3 is 9.80 Å². The smallest absolute Gasteiger partial charge is 0.226 e. The Morgan fingerprint density at radius 3 is 3.03 bits per heavy atom. The highest BCUT2D eigenvalue weighted by molar-refractivity contribution is 6.30. The van der Waals surface area contributed by atoms with Crippen LogP contribution in [0.4, 0.5) is 5.69 Å². The van der Waals surface area contributed by atoms with Crippen LogP contribution < -0.4 is 4.90 Å². The number of rotatable bonds is 5. The van der Waals surface area contributed by atoms with E-state index in [2.05, 4.69) is 30.9 Å². The fourth-order valence-corrected chi connectivity index (χ4v) is 4.85. The summed E-state index contributed by atoms with van der Waals surface area (Å²) in [6, 6.07) is 8.27. The van der Waals surface area contributed by atoms with E-state index in [1.807, 2.05) is 28.9 Å². The number of carbonyl (C=O) groups excluding carboxylic acids is 1. The fraction of sp³-hybridized carbons (Fsp3) is 0.429. The third-order valence-corrected chi connectivity index (χ3v) is 6.30. The van der Waals surface area contributed by atoms with Crippen molar-refractivity contribution in [2.24, 2.45) is 5.92 Å². The van der Waals surface area contributed by atoms with Gasteiger partial charge in [-0.3, -0.25) is 9.78 Å². The predicted octanol–water partition coefficient (Wildman–Crippen LogP) is 2.84. The molecule has 2 saturated heterocycles. The van der Waals surface area contributed by atoms with Crippen LogP contribution in [0.1, 0.15) is 25.0 Å². The van der Waals surface area contributed by atoms with Crippen molar-refractivity contribution in [2.45, 2.75) is 31.7 Å². The van der Waals surface area contributed by atoms with Crippen molar-refractivity contribution in [1.82, 2.24) is 24.5 Å². The minimum absolute atomic E-state index is 0.118. The van der Waals surface area contributed by atoms with Crippen molar-refractivity contribution in [3.05, 3.63) is 53.7 Å². The number of pyridine rings is 2. The molecule has 1 amide bonds. The zero-order valence-corrected chi connectivity index (χ0v) is 16.9. The lowest BCUT2D eigenvalue weighted by atomic mass is 9.97. The van der Waals surface area contributed by atoms with Crippen LogP contribution in [0.2, 0.25) is 5.02 Å². The van der Waals surface area contributed by atoms with Crippen LogP contribution in [0, 0.1) is 5.92 Å². The third kappa shape index (κ3) is 3.55. The first-order valence-electron chi connectivity index (χ1n) is 10.1. The number of piperazine rings is 1. The summed E-state index contributed by atoms with van der Waals surface area (Å²) in [4.78, 5) is 25.7. The summed E-state index contributed by atoms with van der Waals surface area (Å²) in [7, 11) is 0. The monoisotopic (exact) mass is 410 g/mol. The number of aryl methyl sites for hydroxylation is 1. The van der Waals surface area contributed by atoms with Gasteiger partial charge in [-0.25, -0.2) is 9.50 Å². The van der Waals surface area contributed by atoms with Gasteiger partial charge in [-0.2, -0.15) is 5.10 Å². The van der Waals surface area contributed by atoms with E-state index in [1.54, 1.807) is 12.5 Å². The maximum absolute atomic E-state index is 12.9. The molecule has 0 N–H and O–H groups in total. The number of anilines is 1. The van der Waals surface area contributed by atoms with Crippen LogP contribution >= 0.6 is 11.6 Å². The number of carbonyl (C=O) groups is 1. The molecule has 0 aromatic carbocycles. The van der Waals surface area contributed by atoms with Gasteiger partial charge in [0.2, 0.25) is 5.91 Å². The highest BCUT2D eigenvalue weighted by Gasteiger charge is 2.41. The van der Waals surface area contributed by atoms with E-state index >= 15 is 0 Å². The molecule has 29 heavy (non-hydrogen) atoms. The average molecular weight is 411 g/mol. The van der Waals surface area contributed by atoms with Gasteiger partial charge in [-0.05, 0) is 43.9 Å². The lowest BCUT2D eigenvalue weighted by Crippen LogP contribution is -2.51. The topological polar surface area (TPSA) is 66.6 Å². The molecule has 3 aromatic heterocycles. The van der Waals surface area contributed by atoms with Gasteiger partial charge in [-0.15, -0.1) is 0 Å². The Morgan fingerprint density at radius 1 is 1.21 bits per heavy atom. The first-order chi connectivity index (χ1) is 14.2. The maximum Gasteiger partial charge on any atom is 0.226 e. The molecule has 0 aliphatic carbocycles. The minimum Gasteiger partial charge on any atom is -0.366 e. The van der Waals surface area contributed by atoms with Gasteiger partial charge in [0.05, 0.1) is 22.9 Å². The Morgan fingerprint density at radius 2 is 2.14 bits per heavy atom.